The Hall–Kier alpha value is -2.30. The first-order valence-corrected chi connectivity index (χ1v) is 5.25. The highest BCUT2D eigenvalue weighted by molar-refractivity contribution is 6.04. The lowest BCUT2D eigenvalue weighted by Gasteiger charge is -2.06. The first-order chi connectivity index (χ1) is 8.56. The van der Waals surface area contributed by atoms with Gasteiger partial charge in [0.25, 0.3) is 5.91 Å². The number of aryl methyl sites for hydroxylation is 1. The average Bonchev–Trinajstić information content (AvgIpc) is 2.32. The van der Waals surface area contributed by atoms with Crippen molar-refractivity contribution in [2.45, 2.75) is 6.92 Å². The third kappa shape index (κ3) is 2.68. The van der Waals surface area contributed by atoms with E-state index in [0.29, 0.717) is 5.69 Å². The summed E-state index contributed by atoms with van der Waals surface area (Å²) in [6.45, 7) is 1.73. The summed E-state index contributed by atoms with van der Waals surface area (Å²) in [6, 6.07) is 6.78. The number of anilines is 1. The molecule has 1 aromatic carbocycles. The minimum atomic E-state index is -0.644. The van der Waals surface area contributed by atoms with Crippen molar-refractivity contribution in [2.75, 3.05) is 5.32 Å². The molecule has 0 saturated heterocycles. The Morgan fingerprint density at radius 3 is 2.61 bits per heavy atom. The summed E-state index contributed by atoms with van der Waals surface area (Å²) in [4.78, 5) is 15.1. The SMILES string of the molecule is Cc1ccc(C(=O)Nc2ccc(F)nc2)c(F)c1. The van der Waals surface area contributed by atoms with E-state index in [2.05, 4.69) is 10.3 Å². The highest BCUT2D eigenvalue weighted by Gasteiger charge is 2.11. The molecule has 1 aromatic heterocycles. The van der Waals surface area contributed by atoms with Gasteiger partial charge in [-0.2, -0.15) is 4.39 Å². The summed E-state index contributed by atoms with van der Waals surface area (Å²) in [5.41, 5.74) is 0.971. The van der Waals surface area contributed by atoms with E-state index in [0.717, 1.165) is 11.6 Å². The topological polar surface area (TPSA) is 42.0 Å². The van der Waals surface area contributed by atoms with Gasteiger partial charge >= 0.3 is 0 Å². The van der Waals surface area contributed by atoms with Crippen LogP contribution in [0.4, 0.5) is 14.5 Å². The van der Waals surface area contributed by atoms with Crippen LogP contribution in [0.3, 0.4) is 0 Å². The molecule has 92 valence electrons. The van der Waals surface area contributed by atoms with Crippen LogP contribution < -0.4 is 5.32 Å². The Morgan fingerprint density at radius 1 is 1.22 bits per heavy atom. The number of nitrogens with one attached hydrogen (secondary N) is 1. The molecule has 0 fully saturated rings. The first kappa shape index (κ1) is 12.2. The maximum Gasteiger partial charge on any atom is 0.258 e. The minimum Gasteiger partial charge on any atom is -0.320 e. The predicted octanol–water partition coefficient (Wildman–Crippen LogP) is 2.92. The molecule has 1 amide bonds. The quantitative estimate of drug-likeness (QED) is 0.830. The van der Waals surface area contributed by atoms with Crippen molar-refractivity contribution in [3.8, 4) is 0 Å². The Morgan fingerprint density at radius 2 is 2.00 bits per heavy atom. The second-order valence-corrected chi connectivity index (χ2v) is 3.81. The van der Waals surface area contributed by atoms with Crippen molar-refractivity contribution in [1.29, 1.82) is 0 Å². The van der Waals surface area contributed by atoms with Crippen LogP contribution in [0.1, 0.15) is 15.9 Å². The number of hydrogen-bond acceptors (Lipinski definition) is 2. The van der Waals surface area contributed by atoms with E-state index in [1.165, 1.54) is 24.4 Å². The van der Waals surface area contributed by atoms with E-state index in [4.69, 9.17) is 0 Å². The monoisotopic (exact) mass is 248 g/mol. The molecular formula is C13H10F2N2O. The summed E-state index contributed by atoms with van der Waals surface area (Å²) in [5.74, 6) is -1.84. The van der Waals surface area contributed by atoms with Gasteiger partial charge in [0.05, 0.1) is 17.4 Å². The molecule has 0 unspecified atom stereocenters. The maximum absolute atomic E-state index is 13.5. The highest BCUT2D eigenvalue weighted by atomic mass is 19.1. The molecule has 0 aliphatic heterocycles. The van der Waals surface area contributed by atoms with Crippen molar-refractivity contribution in [1.82, 2.24) is 4.98 Å². The lowest BCUT2D eigenvalue weighted by Crippen LogP contribution is -2.14. The van der Waals surface area contributed by atoms with Crippen molar-refractivity contribution >= 4 is 11.6 Å². The molecule has 0 saturated carbocycles. The van der Waals surface area contributed by atoms with Gasteiger partial charge in [-0.3, -0.25) is 4.79 Å². The van der Waals surface area contributed by atoms with Gasteiger partial charge < -0.3 is 5.32 Å². The van der Waals surface area contributed by atoms with Crippen LogP contribution in [0.25, 0.3) is 0 Å². The van der Waals surface area contributed by atoms with Crippen molar-refractivity contribution in [2.24, 2.45) is 0 Å². The number of amides is 1. The number of hydrogen-bond donors (Lipinski definition) is 1. The molecule has 1 N–H and O–H groups in total. The average molecular weight is 248 g/mol. The lowest BCUT2D eigenvalue weighted by atomic mass is 10.1. The van der Waals surface area contributed by atoms with Crippen LogP contribution in [0.2, 0.25) is 0 Å². The molecule has 5 heteroatoms. The number of carbonyl (C=O) groups excluding carboxylic acids is 1. The molecule has 0 bridgehead atoms. The molecule has 0 spiro atoms. The van der Waals surface area contributed by atoms with Crippen LogP contribution in [-0.4, -0.2) is 10.9 Å². The number of benzene rings is 1. The number of pyridine rings is 1. The van der Waals surface area contributed by atoms with Crippen LogP contribution in [0.15, 0.2) is 36.5 Å². The number of rotatable bonds is 2. The van der Waals surface area contributed by atoms with Gasteiger partial charge in [-0.25, -0.2) is 9.37 Å². The zero-order valence-electron chi connectivity index (χ0n) is 9.58. The summed E-state index contributed by atoms with van der Waals surface area (Å²) in [5, 5.41) is 2.44. The van der Waals surface area contributed by atoms with E-state index < -0.39 is 17.7 Å². The summed E-state index contributed by atoms with van der Waals surface area (Å²) in [7, 11) is 0. The van der Waals surface area contributed by atoms with Crippen LogP contribution in [-0.2, 0) is 0 Å². The largest absolute Gasteiger partial charge is 0.320 e. The Balaban J connectivity index is 2.19. The van der Waals surface area contributed by atoms with Crippen LogP contribution in [0.5, 0.6) is 0 Å². The van der Waals surface area contributed by atoms with E-state index in [1.54, 1.807) is 13.0 Å². The van der Waals surface area contributed by atoms with Crippen molar-refractivity contribution < 1.29 is 13.6 Å². The summed E-state index contributed by atoms with van der Waals surface area (Å²) < 4.78 is 26.1. The van der Waals surface area contributed by atoms with Crippen molar-refractivity contribution in [3.05, 3.63) is 59.4 Å². The number of aromatic nitrogens is 1. The maximum atomic E-state index is 13.5. The van der Waals surface area contributed by atoms with Crippen LogP contribution >= 0.6 is 0 Å². The fourth-order valence-corrected chi connectivity index (χ4v) is 1.45. The smallest absolute Gasteiger partial charge is 0.258 e. The fraction of sp³-hybridized carbons (Fsp3) is 0.0769. The summed E-state index contributed by atoms with van der Waals surface area (Å²) in [6.07, 6.45) is 1.17. The normalized spacial score (nSPS) is 10.2. The van der Waals surface area contributed by atoms with Crippen molar-refractivity contribution in [3.63, 3.8) is 0 Å². The minimum absolute atomic E-state index is 0.0649. The lowest BCUT2D eigenvalue weighted by molar-refractivity contribution is 0.102. The van der Waals surface area contributed by atoms with Crippen LogP contribution in [0, 0.1) is 18.7 Å². The van der Waals surface area contributed by atoms with Gasteiger partial charge in [0.15, 0.2) is 0 Å². The Bertz CT molecular complexity index is 582. The molecule has 0 aliphatic rings. The van der Waals surface area contributed by atoms with E-state index in [-0.39, 0.29) is 5.56 Å². The molecule has 2 aromatic rings. The predicted molar refractivity (Wildman–Crippen MR) is 63.3 cm³/mol. The summed E-state index contributed by atoms with van der Waals surface area (Å²) >= 11 is 0. The van der Waals surface area contributed by atoms with Gasteiger partial charge in [0.2, 0.25) is 5.95 Å². The van der Waals surface area contributed by atoms with Gasteiger partial charge in [0, 0.05) is 0 Å². The highest BCUT2D eigenvalue weighted by Crippen LogP contribution is 2.13. The van der Waals surface area contributed by atoms with E-state index >= 15 is 0 Å². The van der Waals surface area contributed by atoms with Gasteiger partial charge in [-0.05, 0) is 36.8 Å². The standard InChI is InChI=1S/C13H10F2N2O/c1-8-2-4-10(11(14)6-8)13(18)17-9-3-5-12(15)16-7-9/h2-7H,1H3,(H,17,18). The molecule has 18 heavy (non-hydrogen) atoms. The molecule has 0 atom stereocenters. The first-order valence-electron chi connectivity index (χ1n) is 5.25. The van der Waals surface area contributed by atoms with E-state index in [9.17, 15) is 13.6 Å². The van der Waals surface area contributed by atoms with Gasteiger partial charge in [0.1, 0.15) is 5.82 Å². The second-order valence-electron chi connectivity index (χ2n) is 3.81. The van der Waals surface area contributed by atoms with E-state index in [1.807, 2.05) is 0 Å². The molecule has 0 aliphatic carbocycles. The van der Waals surface area contributed by atoms with Gasteiger partial charge in [-0.15, -0.1) is 0 Å². The number of carbonyl (C=O) groups is 1. The van der Waals surface area contributed by atoms with Gasteiger partial charge in [-0.1, -0.05) is 6.07 Å². The third-order valence-electron chi connectivity index (χ3n) is 2.35. The third-order valence-corrected chi connectivity index (χ3v) is 2.35. The number of nitrogens with zero attached hydrogens (tertiary/aromatic N) is 1. The molecule has 1 heterocycles. The fourth-order valence-electron chi connectivity index (χ4n) is 1.45. The molecular weight excluding hydrogens is 238 g/mol. The molecule has 2 rings (SSSR count). The zero-order chi connectivity index (χ0) is 13.1. The molecule has 0 radical (unpaired) electrons. The number of halogens is 2. The Labute approximate surface area is 102 Å². The second kappa shape index (κ2) is 4.91. The Kier molecular flexibility index (Phi) is 3.32. The zero-order valence-corrected chi connectivity index (χ0v) is 9.58. The molecule has 3 nitrogen and oxygen atoms in total.